The van der Waals surface area contributed by atoms with Gasteiger partial charge >= 0.3 is 0 Å². The van der Waals surface area contributed by atoms with Crippen LogP contribution in [0, 0.1) is 6.92 Å². The van der Waals surface area contributed by atoms with Crippen LogP contribution in [0.5, 0.6) is 0 Å². The summed E-state index contributed by atoms with van der Waals surface area (Å²) >= 11 is 0. The third kappa shape index (κ3) is 5.50. The first-order valence-electron chi connectivity index (χ1n) is 6.26. The number of hydrogen-bond acceptors (Lipinski definition) is 2. The van der Waals surface area contributed by atoms with Crippen LogP contribution in [-0.2, 0) is 11.2 Å². The molecule has 0 bridgehead atoms. The molecule has 0 unspecified atom stereocenters. The molecule has 0 spiro atoms. The number of amides is 1. The summed E-state index contributed by atoms with van der Waals surface area (Å²) < 4.78 is 0. The molecule has 0 saturated heterocycles. The molecule has 3 heteroatoms. The second-order valence-corrected chi connectivity index (χ2v) is 4.20. The average molecular weight is 234 g/mol. The quantitative estimate of drug-likeness (QED) is 0.704. The number of carbonyl (C=O) groups excluding carboxylic acids is 1. The fourth-order valence-electron chi connectivity index (χ4n) is 1.64. The molecule has 1 rings (SSSR count). The third-order valence-corrected chi connectivity index (χ3v) is 2.66. The summed E-state index contributed by atoms with van der Waals surface area (Å²) in [6, 6.07) is 8.00. The number of hydrogen-bond donors (Lipinski definition) is 2. The Hall–Kier alpha value is -1.35. The molecule has 0 aliphatic carbocycles. The van der Waals surface area contributed by atoms with Gasteiger partial charge in [0.05, 0.1) is 6.42 Å². The predicted octanol–water partition coefficient (Wildman–Crippen LogP) is 1.65. The number of nitrogens with one attached hydrogen (secondary N) is 2. The molecule has 1 aromatic carbocycles. The van der Waals surface area contributed by atoms with Crippen LogP contribution in [0.15, 0.2) is 24.3 Å². The average Bonchev–Trinajstić information content (AvgIpc) is 2.32. The van der Waals surface area contributed by atoms with Gasteiger partial charge in [-0.15, -0.1) is 0 Å². The van der Waals surface area contributed by atoms with E-state index in [1.54, 1.807) is 0 Å². The highest BCUT2D eigenvalue weighted by Crippen LogP contribution is 2.07. The maximum absolute atomic E-state index is 11.7. The second-order valence-electron chi connectivity index (χ2n) is 4.20. The molecule has 0 aliphatic rings. The molecule has 0 radical (unpaired) electrons. The zero-order chi connectivity index (χ0) is 12.5. The summed E-state index contributed by atoms with van der Waals surface area (Å²) in [4.78, 5) is 11.7. The van der Waals surface area contributed by atoms with Crippen molar-refractivity contribution in [1.82, 2.24) is 10.6 Å². The minimum absolute atomic E-state index is 0.0950. The van der Waals surface area contributed by atoms with Crippen LogP contribution in [0.1, 0.15) is 24.5 Å². The Morgan fingerprint density at radius 1 is 1.18 bits per heavy atom. The Kier molecular flexibility index (Phi) is 6.33. The molecule has 0 aromatic heterocycles. The number of rotatable bonds is 7. The highest BCUT2D eigenvalue weighted by Gasteiger charge is 2.04. The van der Waals surface area contributed by atoms with Gasteiger partial charge in [0, 0.05) is 13.1 Å². The van der Waals surface area contributed by atoms with E-state index in [9.17, 15) is 4.79 Å². The first-order valence-corrected chi connectivity index (χ1v) is 6.26. The summed E-state index contributed by atoms with van der Waals surface area (Å²) in [5.41, 5.74) is 2.28. The van der Waals surface area contributed by atoms with E-state index >= 15 is 0 Å². The van der Waals surface area contributed by atoms with E-state index in [1.165, 1.54) is 5.56 Å². The van der Waals surface area contributed by atoms with Crippen LogP contribution in [-0.4, -0.2) is 25.5 Å². The van der Waals surface area contributed by atoms with E-state index in [0.717, 1.165) is 25.1 Å². The molecule has 2 N–H and O–H groups in total. The minimum Gasteiger partial charge on any atom is -0.355 e. The normalized spacial score (nSPS) is 10.2. The molecule has 17 heavy (non-hydrogen) atoms. The molecule has 0 aliphatic heterocycles. The Labute approximate surface area is 104 Å². The van der Waals surface area contributed by atoms with Crippen LogP contribution in [0.3, 0.4) is 0 Å². The van der Waals surface area contributed by atoms with Gasteiger partial charge in [0.25, 0.3) is 0 Å². The van der Waals surface area contributed by atoms with Gasteiger partial charge in [0.15, 0.2) is 0 Å². The largest absolute Gasteiger partial charge is 0.355 e. The maximum Gasteiger partial charge on any atom is 0.224 e. The smallest absolute Gasteiger partial charge is 0.224 e. The molecular formula is C14H22N2O. The van der Waals surface area contributed by atoms with E-state index in [-0.39, 0.29) is 5.91 Å². The highest BCUT2D eigenvalue weighted by molar-refractivity contribution is 5.78. The first-order chi connectivity index (χ1) is 8.24. The van der Waals surface area contributed by atoms with Crippen LogP contribution in [0.2, 0.25) is 0 Å². The van der Waals surface area contributed by atoms with Crippen LogP contribution in [0.25, 0.3) is 0 Å². The molecule has 1 aromatic rings. The monoisotopic (exact) mass is 234 g/mol. The molecule has 3 nitrogen and oxygen atoms in total. The van der Waals surface area contributed by atoms with Gasteiger partial charge in [0.1, 0.15) is 0 Å². The van der Waals surface area contributed by atoms with Gasteiger partial charge in [-0.05, 0) is 31.0 Å². The standard InChI is InChI=1S/C14H22N2O/c1-3-8-15-9-10-16-14(17)11-13-7-5-4-6-12(13)2/h4-7,15H,3,8-11H2,1-2H3,(H,16,17). The zero-order valence-electron chi connectivity index (χ0n) is 10.8. The summed E-state index contributed by atoms with van der Waals surface area (Å²) in [7, 11) is 0. The molecule has 0 fully saturated rings. The van der Waals surface area contributed by atoms with Crippen molar-refractivity contribution in [2.45, 2.75) is 26.7 Å². The van der Waals surface area contributed by atoms with Crippen LogP contribution in [0.4, 0.5) is 0 Å². The van der Waals surface area contributed by atoms with E-state index in [2.05, 4.69) is 17.6 Å². The predicted molar refractivity (Wildman–Crippen MR) is 71.1 cm³/mol. The Balaban J connectivity index is 2.23. The van der Waals surface area contributed by atoms with Gasteiger partial charge in [-0.3, -0.25) is 4.79 Å². The van der Waals surface area contributed by atoms with Gasteiger partial charge in [-0.25, -0.2) is 0 Å². The van der Waals surface area contributed by atoms with Crippen molar-refractivity contribution in [3.8, 4) is 0 Å². The van der Waals surface area contributed by atoms with E-state index in [4.69, 9.17) is 0 Å². The fraction of sp³-hybridized carbons (Fsp3) is 0.500. The lowest BCUT2D eigenvalue weighted by molar-refractivity contribution is -0.120. The lowest BCUT2D eigenvalue weighted by Gasteiger charge is -2.07. The molecule has 0 saturated carbocycles. The van der Waals surface area contributed by atoms with Crippen molar-refractivity contribution in [3.05, 3.63) is 35.4 Å². The highest BCUT2D eigenvalue weighted by atomic mass is 16.1. The summed E-state index contributed by atoms with van der Waals surface area (Å²) in [5.74, 6) is 0.0950. The van der Waals surface area contributed by atoms with E-state index in [0.29, 0.717) is 13.0 Å². The third-order valence-electron chi connectivity index (χ3n) is 2.66. The van der Waals surface area contributed by atoms with Crippen molar-refractivity contribution in [1.29, 1.82) is 0 Å². The SMILES string of the molecule is CCCNCCNC(=O)Cc1ccccc1C. The van der Waals surface area contributed by atoms with Crippen molar-refractivity contribution in [2.75, 3.05) is 19.6 Å². The lowest BCUT2D eigenvalue weighted by atomic mass is 10.1. The molecule has 1 amide bonds. The topological polar surface area (TPSA) is 41.1 Å². The lowest BCUT2D eigenvalue weighted by Crippen LogP contribution is -2.33. The minimum atomic E-state index is 0.0950. The van der Waals surface area contributed by atoms with Gasteiger partial charge < -0.3 is 10.6 Å². The van der Waals surface area contributed by atoms with Crippen molar-refractivity contribution >= 4 is 5.91 Å². The Morgan fingerprint density at radius 2 is 1.94 bits per heavy atom. The van der Waals surface area contributed by atoms with Gasteiger partial charge in [-0.1, -0.05) is 31.2 Å². The van der Waals surface area contributed by atoms with Gasteiger partial charge in [-0.2, -0.15) is 0 Å². The van der Waals surface area contributed by atoms with Gasteiger partial charge in [0.2, 0.25) is 5.91 Å². The summed E-state index contributed by atoms with van der Waals surface area (Å²) in [6.45, 7) is 6.71. The number of carbonyl (C=O) groups is 1. The van der Waals surface area contributed by atoms with E-state index in [1.807, 2.05) is 31.2 Å². The Morgan fingerprint density at radius 3 is 2.65 bits per heavy atom. The summed E-state index contributed by atoms with van der Waals surface area (Å²) in [5, 5.41) is 6.17. The fourth-order valence-corrected chi connectivity index (χ4v) is 1.64. The van der Waals surface area contributed by atoms with Crippen molar-refractivity contribution in [3.63, 3.8) is 0 Å². The number of benzene rings is 1. The first kappa shape index (κ1) is 13.7. The summed E-state index contributed by atoms with van der Waals surface area (Å²) in [6.07, 6.45) is 1.59. The van der Waals surface area contributed by atoms with Crippen molar-refractivity contribution in [2.24, 2.45) is 0 Å². The molecule has 94 valence electrons. The van der Waals surface area contributed by atoms with Crippen molar-refractivity contribution < 1.29 is 4.79 Å². The molecule has 0 atom stereocenters. The molecular weight excluding hydrogens is 212 g/mol. The number of aryl methyl sites for hydroxylation is 1. The van der Waals surface area contributed by atoms with Crippen LogP contribution >= 0.6 is 0 Å². The second kappa shape index (κ2) is 7.85. The van der Waals surface area contributed by atoms with E-state index < -0.39 is 0 Å². The Bertz CT molecular complexity index is 350. The molecule has 0 heterocycles. The van der Waals surface area contributed by atoms with Crippen LogP contribution < -0.4 is 10.6 Å². The maximum atomic E-state index is 11.7. The zero-order valence-corrected chi connectivity index (χ0v) is 10.8.